The van der Waals surface area contributed by atoms with E-state index in [1.165, 1.54) is 30.4 Å². The first-order valence-corrected chi connectivity index (χ1v) is 10.5. The Morgan fingerprint density at radius 2 is 1.40 bits per heavy atom. The quantitative estimate of drug-likeness (QED) is 0.632. The zero-order chi connectivity index (χ0) is 21.7. The molecule has 0 bridgehead atoms. The van der Waals surface area contributed by atoms with Crippen LogP contribution in [0.2, 0.25) is 0 Å². The highest BCUT2D eigenvalue weighted by Crippen LogP contribution is 2.23. The number of amides is 2. The van der Waals surface area contributed by atoms with Crippen molar-refractivity contribution >= 4 is 38.9 Å². The Morgan fingerprint density at radius 1 is 0.800 bits per heavy atom. The third-order valence-electron chi connectivity index (χ3n) is 4.34. The number of sulfonamides is 1. The molecule has 2 amide bonds. The molecule has 3 aromatic carbocycles. The average molecular weight is 423 g/mol. The van der Waals surface area contributed by atoms with Crippen LogP contribution in [0.5, 0.6) is 0 Å². The summed E-state index contributed by atoms with van der Waals surface area (Å²) in [6.07, 6.45) is 0. The van der Waals surface area contributed by atoms with E-state index in [-0.39, 0.29) is 16.7 Å². The van der Waals surface area contributed by atoms with E-state index in [9.17, 15) is 18.0 Å². The van der Waals surface area contributed by atoms with E-state index in [1.807, 2.05) is 0 Å². The molecular formula is C22H21N3O4S. The summed E-state index contributed by atoms with van der Waals surface area (Å²) in [5.41, 5.74) is 1.90. The largest absolute Gasteiger partial charge is 0.326 e. The molecule has 0 aliphatic heterocycles. The summed E-state index contributed by atoms with van der Waals surface area (Å²) in [4.78, 5) is 23.9. The second-order valence-corrected chi connectivity index (χ2v) is 8.52. The number of anilines is 3. The Bertz CT molecular complexity index is 1160. The van der Waals surface area contributed by atoms with E-state index >= 15 is 0 Å². The zero-order valence-corrected chi connectivity index (χ0v) is 17.3. The number of rotatable bonds is 6. The number of nitrogens with one attached hydrogen (secondary N) is 2. The summed E-state index contributed by atoms with van der Waals surface area (Å²) in [7, 11) is -2.23. The molecule has 7 nitrogen and oxygen atoms in total. The van der Waals surface area contributed by atoms with Gasteiger partial charge in [0.25, 0.3) is 15.9 Å². The first kappa shape index (κ1) is 21.1. The zero-order valence-electron chi connectivity index (χ0n) is 16.5. The van der Waals surface area contributed by atoms with Crippen molar-refractivity contribution in [2.24, 2.45) is 0 Å². The van der Waals surface area contributed by atoms with Crippen molar-refractivity contribution in [1.29, 1.82) is 0 Å². The molecular weight excluding hydrogens is 402 g/mol. The topological polar surface area (TPSA) is 95.6 Å². The van der Waals surface area contributed by atoms with E-state index < -0.39 is 10.0 Å². The SMILES string of the molecule is CC(=O)Nc1cccc(NC(=O)c2ccc(N(C)S(=O)(=O)c3ccccc3)cc2)c1. The van der Waals surface area contributed by atoms with Crippen molar-refractivity contribution in [3.05, 3.63) is 84.4 Å². The van der Waals surface area contributed by atoms with Crippen molar-refractivity contribution in [3.63, 3.8) is 0 Å². The van der Waals surface area contributed by atoms with Crippen LogP contribution in [0.15, 0.2) is 83.8 Å². The summed E-state index contributed by atoms with van der Waals surface area (Å²) in [5.74, 6) is -0.557. The van der Waals surface area contributed by atoms with Gasteiger partial charge in [0, 0.05) is 30.9 Å². The standard InChI is InChI=1S/C22H21N3O4S/c1-16(26)23-18-7-6-8-19(15-18)24-22(27)17-11-13-20(14-12-17)25(2)30(28,29)21-9-4-3-5-10-21/h3-15H,1-2H3,(H,23,26)(H,24,27). The third kappa shape index (κ3) is 4.84. The second kappa shape index (κ2) is 8.79. The fourth-order valence-corrected chi connectivity index (χ4v) is 4.01. The maximum atomic E-state index is 12.7. The van der Waals surface area contributed by atoms with E-state index in [1.54, 1.807) is 66.7 Å². The Labute approximate surface area is 175 Å². The summed E-state index contributed by atoms with van der Waals surface area (Å²) in [6, 6.07) is 21.2. The van der Waals surface area contributed by atoms with Gasteiger partial charge in [0.1, 0.15) is 0 Å². The summed E-state index contributed by atoms with van der Waals surface area (Å²) in [5, 5.41) is 5.41. The van der Waals surface area contributed by atoms with Gasteiger partial charge in [-0.05, 0) is 54.6 Å². The molecule has 0 saturated heterocycles. The van der Waals surface area contributed by atoms with Crippen molar-refractivity contribution in [1.82, 2.24) is 0 Å². The summed E-state index contributed by atoms with van der Waals surface area (Å²) in [6.45, 7) is 1.40. The van der Waals surface area contributed by atoms with Crippen LogP contribution in [-0.2, 0) is 14.8 Å². The first-order chi connectivity index (χ1) is 14.3. The Morgan fingerprint density at radius 3 is 2.00 bits per heavy atom. The van der Waals surface area contributed by atoms with Gasteiger partial charge >= 0.3 is 0 Å². The van der Waals surface area contributed by atoms with Crippen molar-refractivity contribution in [2.45, 2.75) is 11.8 Å². The molecule has 0 radical (unpaired) electrons. The monoisotopic (exact) mass is 423 g/mol. The molecule has 0 atom stereocenters. The number of hydrogen-bond acceptors (Lipinski definition) is 4. The molecule has 0 aromatic heterocycles. The Hall–Kier alpha value is -3.65. The number of carbonyl (C=O) groups excluding carboxylic acids is 2. The van der Waals surface area contributed by atoms with Crippen LogP contribution < -0.4 is 14.9 Å². The number of nitrogens with zero attached hydrogens (tertiary/aromatic N) is 1. The van der Waals surface area contributed by atoms with E-state index in [0.29, 0.717) is 22.6 Å². The molecule has 0 spiro atoms. The molecule has 0 fully saturated rings. The van der Waals surface area contributed by atoms with Gasteiger partial charge in [-0.15, -0.1) is 0 Å². The first-order valence-electron chi connectivity index (χ1n) is 9.10. The predicted molar refractivity (Wildman–Crippen MR) is 117 cm³/mol. The molecule has 0 saturated carbocycles. The highest BCUT2D eigenvalue weighted by atomic mass is 32.2. The predicted octanol–water partition coefficient (Wildman–Crippen LogP) is 3.72. The molecule has 8 heteroatoms. The highest BCUT2D eigenvalue weighted by Gasteiger charge is 2.21. The fraction of sp³-hybridized carbons (Fsp3) is 0.0909. The van der Waals surface area contributed by atoms with Crippen LogP contribution in [-0.4, -0.2) is 27.3 Å². The van der Waals surface area contributed by atoms with E-state index in [2.05, 4.69) is 10.6 Å². The van der Waals surface area contributed by atoms with Crippen LogP contribution in [0.1, 0.15) is 17.3 Å². The molecule has 0 heterocycles. The van der Waals surface area contributed by atoms with Crippen LogP contribution in [0.4, 0.5) is 17.1 Å². The highest BCUT2D eigenvalue weighted by molar-refractivity contribution is 7.92. The molecule has 0 unspecified atom stereocenters. The molecule has 0 aliphatic rings. The van der Waals surface area contributed by atoms with Gasteiger partial charge in [0.15, 0.2) is 0 Å². The minimum Gasteiger partial charge on any atom is -0.326 e. The summed E-state index contributed by atoms with van der Waals surface area (Å²) < 4.78 is 26.6. The van der Waals surface area contributed by atoms with Gasteiger partial charge in [-0.3, -0.25) is 13.9 Å². The normalized spacial score (nSPS) is 10.9. The number of benzene rings is 3. The lowest BCUT2D eigenvalue weighted by Gasteiger charge is -2.19. The van der Waals surface area contributed by atoms with Crippen LogP contribution in [0.25, 0.3) is 0 Å². The van der Waals surface area contributed by atoms with Gasteiger partial charge in [-0.25, -0.2) is 8.42 Å². The van der Waals surface area contributed by atoms with Crippen molar-refractivity contribution < 1.29 is 18.0 Å². The number of carbonyl (C=O) groups is 2. The molecule has 154 valence electrons. The van der Waals surface area contributed by atoms with Crippen LogP contribution in [0.3, 0.4) is 0 Å². The van der Waals surface area contributed by atoms with Gasteiger partial charge in [0.2, 0.25) is 5.91 Å². The van der Waals surface area contributed by atoms with Gasteiger partial charge in [-0.2, -0.15) is 0 Å². The van der Waals surface area contributed by atoms with Crippen LogP contribution >= 0.6 is 0 Å². The lowest BCUT2D eigenvalue weighted by molar-refractivity contribution is -0.114. The maximum absolute atomic E-state index is 12.7. The maximum Gasteiger partial charge on any atom is 0.264 e. The Balaban J connectivity index is 1.74. The van der Waals surface area contributed by atoms with Crippen molar-refractivity contribution in [3.8, 4) is 0 Å². The second-order valence-electron chi connectivity index (χ2n) is 6.55. The van der Waals surface area contributed by atoms with Crippen molar-refractivity contribution in [2.75, 3.05) is 22.0 Å². The average Bonchev–Trinajstić information content (AvgIpc) is 2.73. The van der Waals surface area contributed by atoms with E-state index in [4.69, 9.17) is 0 Å². The molecule has 30 heavy (non-hydrogen) atoms. The van der Waals surface area contributed by atoms with Crippen LogP contribution in [0, 0.1) is 0 Å². The van der Waals surface area contributed by atoms with E-state index in [0.717, 1.165) is 0 Å². The lowest BCUT2D eigenvalue weighted by Crippen LogP contribution is -2.26. The molecule has 3 aromatic rings. The lowest BCUT2D eigenvalue weighted by atomic mass is 10.2. The van der Waals surface area contributed by atoms with Gasteiger partial charge < -0.3 is 10.6 Å². The minimum absolute atomic E-state index is 0.188. The number of hydrogen-bond donors (Lipinski definition) is 2. The molecule has 0 aliphatic carbocycles. The molecule has 3 rings (SSSR count). The smallest absolute Gasteiger partial charge is 0.264 e. The van der Waals surface area contributed by atoms with Gasteiger partial charge in [-0.1, -0.05) is 24.3 Å². The summed E-state index contributed by atoms with van der Waals surface area (Å²) >= 11 is 0. The minimum atomic E-state index is -3.69. The van der Waals surface area contributed by atoms with Gasteiger partial charge in [0.05, 0.1) is 10.6 Å². The molecule has 2 N–H and O–H groups in total. The fourth-order valence-electron chi connectivity index (χ4n) is 2.79. The third-order valence-corrected chi connectivity index (χ3v) is 6.14. The Kier molecular flexibility index (Phi) is 6.17.